The number of nitrogens with one attached hydrogen (secondary N) is 1. The van der Waals surface area contributed by atoms with Crippen LogP contribution in [0.5, 0.6) is 0 Å². The lowest BCUT2D eigenvalue weighted by Crippen LogP contribution is -2.70. The van der Waals surface area contributed by atoms with Gasteiger partial charge in [-0.05, 0) is 0 Å². The first-order valence-corrected chi connectivity index (χ1v) is 3.15. The van der Waals surface area contributed by atoms with E-state index in [1.807, 2.05) is 0 Å². The van der Waals surface area contributed by atoms with Gasteiger partial charge in [0.25, 0.3) is 4.38 Å². The Kier molecular flexibility index (Phi) is 4.77. The van der Waals surface area contributed by atoms with Gasteiger partial charge in [0, 0.05) is 6.42 Å². The van der Waals surface area contributed by atoms with E-state index in [2.05, 4.69) is 37.2 Å². The summed E-state index contributed by atoms with van der Waals surface area (Å²) in [5.74, 6) is 0. The van der Waals surface area contributed by atoms with Gasteiger partial charge in [-0.1, -0.05) is 32.2 Å². The third-order valence-electron chi connectivity index (χ3n) is 0.533. The highest BCUT2D eigenvalue weighted by Crippen LogP contribution is 1.74. The summed E-state index contributed by atoms with van der Waals surface area (Å²) in [5, 5.41) is 0. The molecule has 0 rings (SSSR count). The Hall–Kier alpha value is 0.370. The number of rotatable bonds is 2. The molecule has 0 radical (unpaired) electrons. The highest BCUT2D eigenvalue weighted by Gasteiger charge is 1.83. The van der Waals surface area contributed by atoms with Crippen molar-refractivity contribution < 1.29 is 4.99 Å². The quantitative estimate of drug-likeness (QED) is 0.262. The molecule has 3 heteroatoms. The van der Waals surface area contributed by atoms with Gasteiger partial charge in [0.1, 0.15) is 6.54 Å². The van der Waals surface area contributed by atoms with E-state index in [0.717, 1.165) is 13.0 Å². The minimum absolute atomic E-state index is 0.696. The van der Waals surface area contributed by atoms with Crippen LogP contribution in [0.2, 0.25) is 0 Å². The van der Waals surface area contributed by atoms with Crippen molar-refractivity contribution >= 4 is 29.6 Å². The van der Waals surface area contributed by atoms with Crippen LogP contribution in [0.15, 0.2) is 0 Å². The number of hydrogen-bond acceptors (Lipinski definition) is 0. The topological polar surface area (TPSA) is 14.0 Å². The molecule has 0 aliphatic rings. The molecule has 0 atom stereocenters. The molecule has 0 amide bonds. The fourth-order valence-electron chi connectivity index (χ4n) is 0.237. The van der Waals surface area contributed by atoms with Crippen molar-refractivity contribution in [2.75, 3.05) is 6.54 Å². The molecule has 0 aromatic rings. The van der Waals surface area contributed by atoms with Gasteiger partial charge in [0.05, 0.1) is 0 Å². The molecule has 0 heterocycles. The molecule has 0 aliphatic carbocycles. The first kappa shape index (κ1) is 7.37. The molecule has 0 aliphatic heterocycles. The average molecular weight is 136 g/mol. The summed E-state index contributed by atoms with van der Waals surface area (Å²) in [7, 11) is 0. The molecule has 0 saturated carbocycles. The van der Waals surface area contributed by atoms with Crippen LogP contribution in [0.4, 0.5) is 0 Å². The third-order valence-corrected chi connectivity index (χ3v) is 0.849. The van der Waals surface area contributed by atoms with Crippen molar-refractivity contribution in [2.24, 2.45) is 0 Å². The molecule has 1 nitrogen and oxygen atoms in total. The van der Waals surface area contributed by atoms with Gasteiger partial charge in [-0.2, -0.15) is 0 Å². The minimum atomic E-state index is 0.696. The Morgan fingerprint density at radius 1 is 1.57 bits per heavy atom. The van der Waals surface area contributed by atoms with Gasteiger partial charge in [-0.15, -0.1) is 0 Å². The maximum atomic E-state index is 3.90. The fraction of sp³-hybridized carbons (Fsp3) is 0.750. The summed E-state index contributed by atoms with van der Waals surface area (Å²) in [6, 6.07) is 0. The summed E-state index contributed by atoms with van der Waals surface area (Å²) in [5.41, 5.74) is 0. The molecule has 7 heavy (non-hydrogen) atoms. The highest BCUT2D eigenvalue weighted by atomic mass is 32.2. The van der Waals surface area contributed by atoms with Crippen LogP contribution >= 0.6 is 25.3 Å². The Bertz CT molecular complexity index is 66.1. The lowest BCUT2D eigenvalue weighted by molar-refractivity contribution is -0.450. The third kappa shape index (κ3) is 6.37. The lowest BCUT2D eigenvalue weighted by atomic mass is 10.5. The molecule has 1 N–H and O–H groups in total. The molecule has 0 spiro atoms. The van der Waals surface area contributed by atoms with E-state index in [1.165, 1.54) is 0 Å². The lowest BCUT2D eigenvalue weighted by Gasteiger charge is -1.76. The van der Waals surface area contributed by atoms with E-state index in [0.29, 0.717) is 4.38 Å². The second-order valence-electron chi connectivity index (χ2n) is 1.25. The van der Waals surface area contributed by atoms with E-state index >= 15 is 0 Å². The molecule has 0 saturated heterocycles. The molecule has 0 unspecified atom stereocenters. The Morgan fingerprint density at radius 3 is 2.29 bits per heavy atom. The van der Waals surface area contributed by atoms with Gasteiger partial charge < -0.3 is 0 Å². The smallest absolute Gasteiger partial charge is 0.231 e. The maximum absolute atomic E-state index is 3.90. The van der Waals surface area contributed by atoms with Crippen molar-refractivity contribution in [2.45, 2.75) is 13.3 Å². The second kappa shape index (κ2) is 4.53. The van der Waals surface area contributed by atoms with Crippen molar-refractivity contribution in [3.05, 3.63) is 0 Å². The van der Waals surface area contributed by atoms with E-state index < -0.39 is 0 Å². The van der Waals surface area contributed by atoms with Crippen molar-refractivity contribution in [3.63, 3.8) is 0 Å². The second-order valence-corrected chi connectivity index (χ2v) is 2.50. The van der Waals surface area contributed by atoms with E-state index in [4.69, 9.17) is 0 Å². The van der Waals surface area contributed by atoms with Gasteiger partial charge in [-0.3, -0.25) is 0 Å². The standard InChI is InChI=1S/C4H9NS2/c1-2-3-5-4(6)7/h2-3H2,1H3,(H2,5,6,7)/p+1. The molecule has 42 valence electrons. The van der Waals surface area contributed by atoms with Crippen molar-refractivity contribution in [1.29, 1.82) is 0 Å². The van der Waals surface area contributed by atoms with Gasteiger partial charge >= 0.3 is 0 Å². The first-order chi connectivity index (χ1) is 3.27. The summed E-state index contributed by atoms with van der Waals surface area (Å²) in [6.45, 7) is 3.06. The van der Waals surface area contributed by atoms with Gasteiger partial charge in [-0.25, -0.2) is 4.99 Å². The Morgan fingerprint density at radius 2 is 2.14 bits per heavy atom. The van der Waals surface area contributed by atoms with Crippen molar-refractivity contribution in [1.82, 2.24) is 0 Å². The summed E-state index contributed by atoms with van der Waals surface area (Å²) in [4.78, 5) is 2.94. The average Bonchev–Trinajstić information content (AvgIpc) is 1.61. The van der Waals surface area contributed by atoms with Crippen LogP contribution in [0, 0.1) is 0 Å². The van der Waals surface area contributed by atoms with Gasteiger partial charge in [0.2, 0.25) is 0 Å². The molecule has 0 bridgehead atoms. The Balaban J connectivity index is 3.08. The minimum Gasteiger partial charge on any atom is -0.231 e. The zero-order valence-electron chi connectivity index (χ0n) is 4.31. The van der Waals surface area contributed by atoms with E-state index in [-0.39, 0.29) is 0 Å². The van der Waals surface area contributed by atoms with E-state index in [9.17, 15) is 0 Å². The van der Waals surface area contributed by atoms with Crippen LogP contribution in [-0.2, 0) is 0 Å². The molecule has 0 aromatic heterocycles. The molecular formula is C4H10NS2+. The predicted molar refractivity (Wildman–Crippen MR) is 39.1 cm³/mol. The zero-order chi connectivity index (χ0) is 5.70. The molecular weight excluding hydrogens is 126 g/mol. The zero-order valence-corrected chi connectivity index (χ0v) is 6.10. The van der Waals surface area contributed by atoms with Crippen LogP contribution < -0.4 is 4.99 Å². The maximum Gasteiger partial charge on any atom is 0.262 e. The summed E-state index contributed by atoms with van der Waals surface area (Å²) < 4.78 is 0.696. The molecule has 0 fully saturated rings. The SMILES string of the molecule is CCC[NH+]=C(S)S. The van der Waals surface area contributed by atoms with Crippen LogP contribution in [0.1, 0.15) is 13.3 Å². The highest BCUT2D eigenvalue weighted by molar-refractivity contribution is 8.23. The number of hydrogen-bond donors (Lipinski definition) is 3. The summed E-state index contributed by atoms with van der Waals surface area (Å²) >= 11 is 7.80. The largest absolute Gasteiger partial charge is 0.262 e. The van der Waals surface area contributed by atoms with Crippen LogP contribution in [0.25, 0.3) is 0 Å². The fourth-order valence-corrected chi connectivity index (χ4v) is 0.460. The van der Waals surface area contributed by atoms with Crippen LogP contribution in [-0.4, -0.2) is 10.9 Å². The van der Waals surface area contributed by atoms with Crippen molar-refractivity contribution in [3.8, 4) is 0 Å². The normalized spacial score (nSPS) is 8.43. The van der Waals surface area contributed by atoms with Gasteiger partial charge in [0.15, 0.2) is 0 Å². The predicted octanol–water partition coefficient (Wildman–Crippen LogP) is -0.307. The monoisotopic (exact) mass is 136 g/mol. The first-order valence-electron chi connectivity index (χ1n) is 2.26. The summed E-state index contributed by atoms with van der Waals surface area (Å²) in [6.07, 6.45) is 1.12. The van der Waals surface area contributed by atoms with E-state index in [1.54, 1.807) is 0 Å². The molecule has 0 aromatic carbocycles. The Labute approximate surface area is 55.0 Å². The number of thiol groups is 2. The van der Waals surface area contributed by atoms with Crippen LogP contribution in [0.3, 0.4) is 0 Å².